The zero-order chi connectivity index (χ0) is 13.9. The lowest BCUT2D eigenvalue weighted by atomic mass is 9.93. The summed E-state index contributed by atoms with van der Waals surface area (Å²) in [5, 5.41) is 0. The predicted molar refractivity (Wildman–Crippen MR) is 78.3 cm³/mol. The number of rotatable bonds is 2. The van der Waals surface area contributed by atoms with Crippen LogP contribution in [0.3, 0.4) is 0 Å². The van der Waals surface area contributed by atoms with Crippen LogP contribution < -0.4 is 0 Å². The first kappa shape index (κ1) is 14.1. The number of nitrogens with zero attached hydrogens (tertiary/aromatic N) is 1. The summed E-state index contributed by atoms with van der Waals surface area (Å²) in [7, 11) is 0. The number of hydrogen-bond donors (Lipinski definition) is 0. The summed E-state index contributed by atoms with van der Waals surface area (Å²) in [6.07, 6.45) is 12.1. The molecule has 3 fully saturated rings. The molecule has 3 heteroatoms. The highest BCUT2D eigenvalue weighted by Gasteiger charge is 2.41. The van der Waals surface area contributed by atoms with Gasteiger partial charge in [-0.25, -0.2) is 0 Å². The fourth-order valence-electron chi connectivity index (χ4n) is 4.49. The van der Waals surface area contributed by atoms with Crippen LogP contribution >= 0.6 is 0 Å². The van der Waals surface area contributed by atoms with Crippen LogP contribution in [0, 0.1) is 11.8 Å². The Morgan fingerprint density at radius 1 is 0.900 bits per heavy atom. The van der Waals surface area contributed by atoms with E-state index in [0.717, 1.165) is 51.5 Å². The summed E-state index contributed by atoms with van der Waals surface area (Å²) in [5.41, 5.74) is 0. The zero-order valence-electron chi connectivity index (χ0n) is 12.5. The number of likely N-dealkylation sites (tertiary alicyclic amines) is 1. The number of Topliss-reactive ketones (excluding diaryl/α,β-unsaturated/α-hetero) is 1. The highest BCUT2D eigenvalue weighted by Crippen LogP contribution is 2.35. The largest absolute Gasteiger partial charge is 0.339 e. The minimum atomic E-state index is 0.159. The Bertz CT molecular complexity index is 371. The van der Waals surface area contributed by atoms with E-state index in [1.165, 1.54) is 25.7 Å². The van der Waals surface area contributed by atoms with E-state index in [4.69, 9.17) is 0 Å². The van der Waals surface area contributed by atoms with Gasteiger partial charge in [0, 0.05) is 30.8 Å². The molecule has 2 atom stereocenters. The molecule has 1 amide bonds. The molecule has 2 unspecified atom stereocenters. The van der Waals surface area contributed by atoms with Gasteiger partial charge in [-0.05, 0) is 38.5 Å². The minimum Gasteiger partial charge on any atom is -0.339 e. The fourth-order valence-corrected chi connectivity index (χ4v) is 4.49. The standard InChI is InChI=1S/C17H27NO2/c19-16-11-5-9-14(16)15-10-6-12-18(15)17(20)13-7-3-1-2-4-8-13/h13-15H,1-12H2. The van der Waals surface area contributed by atoms with E-state index in [9.17, 15) is 9.59 Å². The quantitative estimate of drug-likeness (QED) is 0.726. The van der Waals surface area contributed by atoms with Gasteiger partial charge in [-0.3, -0.25) is 9.59 Å². The first-order valence-electron chi connectivity index (χ1n) is 8.60. The summed E-state index contributed by atoms with van der Waals surface area (Å²) >= 11 is 0. The SMILES string of the molecule is O=C1CCCC1C1CCCN1C(=O)C1CCCCCC1. The first-order chi connectivity index (χ1) is 9.77. The van der Waals surface area contributed by atoms with E-state index in [2.05, 4.69) is 4.90 Å². The molecule has 112 valence electrons. The van der Waals surface area contributed by atoms with Crippen LogP contribution in [-0.4, -0.2) is 29.2 Å². The van der Waals surface area contributed by atoms with E-state index in [1.807, 2.05) is 0 Å². The van der Waals surface area contributed by atoms with E-state index >= 15 is 0 Å². The molecule has 0 aromatic rings. The third-order valence-electron chi connectivity index (χ3n) is 5.60. The van der Waals surface area contributed by atoms with Crippen LogP contribution in [0.5, 0.6) is 0 Å². The van der Waals surface area contributed by atoms with Crippen molar-refractivity contribution in [3.8, 4) is 0 Å². The average molecular weight is 277 g/mol. The normalized spacial score (nSPS) is 32.6. The predicted octanol–water partition coefficient (Wildman–Crippen LogP) is 3.32. The molecule has 1 saturated heterocycles. The molecule has 0 bridgehead atoms. The van der Waals surface area contributed by atoms with Gasteiger partial charge < -0.3 is 4.90 Å². The molecule has 0 N–H and O–H groups in total. The van der Waals surface area contributed by atoms with Crippen molar-refractivity contribution in [3.05, 3.63) is 0 Å². The van der Waals surface area contributed by atoms with Gasteiger partial charge >= 0.3 is 0 Å². The average Bonchev–Trinajstić information content (AvgIpc) is 2.99. The summed E-state index contributed by atoms with van der Waals surface area (Å²) in [6, 6.07) is 0.237. The maximum absolute atomic E-state index is 12.8. The van der Waals surface area contributed by atoms with Crippen molar-refractivity contribution in [2.75, 3.05) is 6.54 Å². The van der Waals surface area contributed by atoms with Crippen molar-refractivity contribution >= 4 is 11.7 Å². The smallest absolute Gasteiger partial charge is 0.225 e. The van der Waals surface area contributed by atoms with Gasteiger partial charge in [0.15, 0.2) is 0 Å². The molecule has 0 spiro atoms. The molecule has 1 heterocycles. The lowest BCUT2D eigenvalue weighted by Crippen LogP contribution is -2.44. The van der Waals surface area contributed by atoms with Gasteiger partial charge in [0.2, 0.25) is 5.91 Å². The second kappa shape index (κ2) is 6.28. The fraction of sp³-hybridized carbons (Fsp3) is 0.882. The molecule has 0 aromatic heterocycles. The Balaban J connectivity index is 1.67. The number of hydrogen-bond acceptors (Lipinski definition) is 2. The van der Waals surface area contributed by atoms with E-state index < -0.39 is 0 Å². The third kappa shape index (κ3) is 2.77. The molecule has 2 saturated carbocycles. The highest BCUT2D eigenvalue weighted by molar-refractivity contribution is 5.85. The van der Waals surface area contributed by atoms with Gasteiger partial charge in [0.05, 0.1) is 0 Å². The summed E-state index contributed by atoms with van der Waals surface area (Å²) < 4.78 is 0. The Morgan fingerprint density at radius 2 is 1.65 bits per heavy atom. The van der Waals surface area contributed by atoms with Crippen LogP contribution in [0.1, 0.15) is 70.6 Å². The Labute approximate surface area is 122 Å². The van der Waals surface area contributed by atoms with Crippen molar-refractivity contribution in [2.45, 2.75) is 76.7 Å². The van der Waals surface area contributed by atoms with Gasteiger partial charge in [0.25, 0.3) is 0 Å². The van der Waals surface area contributed by atoms with Gasteiger partial charge in [-0.1, -0.05) is 25.7 Å². The van der Waals surface area contributed by atoms with Crippen LogP contribution in [-0.2, 0) is 9.59 Å². The zero-order valence-corrected chi connectivity index (χ0v) is 12.5. The Kier molecular flexibility index (Phi) is 4.42. The molecule has 1 aliphatic heterocycles. The van der Waals surface area contributed by atoms with Crippen LogP contribution in [0.4, 0.5) is 0 Å². The molecule has 3 nitrogen and oxygen atoms in total. The van der Waals surface area contributed by atoms with Crippen molar-refractivity contribution in [2.24, 2.45) is 11.8 Å². The summed E-state index contributed by atoms with van der Waals surface area (Å²) in [5.74, 6) is 1.19. The molecular weight excluding hydrogens is 250 g/mol. The van der Waals surface area contributed by atoms with Crippen LogP contribution in [0.2, 0.25) is 0 Å². The second-order valence-corrected chi connectivity index (χ2v) is 6.89. The Morgan fingerprint density at radius 3 is 2.30 bits per heavy atom. The third-order valence-corrected chi connectivity index (χ3v) is 5.60. The molecule has 0 aromatic carbocycles. The topological polar surface area (TPSA) is 37.4 Å². The molecule has 3 rings (SSSR count). The maximum Gasteiger partial charge on any atom is 0.225 e. The molecule has 20 heavy (non-hydrogen) atoms. The lowest BCUT2D eigenvalue weighted by molar-refractivity contribution is -0.138. The molecule has 2 aliphatic carbocycles. The van der Waals surface area contributed by atoms with E-state index in [0.29, 0.717) is 11.7 Å². The monoisotopic (exact) mass is 277 g/mol. The minimum absolute atomic E-state index is 0.159. The number of amides is 1. The van der Waals surface area contributed by atoms with Crippen molar-refractivity contribution in [1.82, 2.24) is 4.90 Å². The number of carbonyl (C=O) groups excluding carboxylic acids is 2. The highest BCUT2D eigenvalue weighted by atomic mass is 16.2. The van der Waals surface area contributed by atoms with Crippen LogP contribution in [0.15, 0.2) is 0 Å². The molecular formula is C17H27NO2. The lowest BCUT2D eigenvalue weighted by Gasteiger charge is -2.31. The number of carbonyl (C=O) groups is 2. The van der Waals surface area contributed by atoms with Crippen molar-refractivity contribution in [1.29, 1.82) is 0 Å². The summed E-state index contributed by atoms with van der Waals surface area (Å²) in [4.78, 5) is 27.0. The number of ketones is 1. The van der Waals surface area contributed by atoms with Crippen LogP contribution in [0.25, 0.3) is 0 Å². The van der Waals surface area contributed by atoms with Gasteiger partial charge in [0.1, 0.15) is 5.78 Å². The second-order valence-electron chi connectivity index (χ2n) is 6.89. The maximum atomic E-state index is 12.8. The van der Waals surface area contributed by atoms with E-state index in [-0.39, 0.29) is 17.9 Å². The summed E-state index contributed by atoms with van der Waals surface area (Å²) in [6.45, 7) is 0.893. The molecule has 3 aliphatic rings. The van der Waals surface area contributed by atoms with Gasteiger partial charge in [-0.15, -0.1) is 0 Å². The van der Waals surface area contributed by atoms with E-state index in [1.54, 1.807) is 0 Å². The van der Waals surface area contributed by atoms with Crippen molar-refractivity contribution < 1.29 is 9.59 Å². The van der Waals surface area contributed by atoms with Gasteiger partial charge in [-0.2, -0.15) is 0 Å². The first-order valence-corrected chi connectivity index (χ1v) is 8.60. The Hall–Kier alpha value is -0.860. The molecule has 0 radical (unpaired) electrons. The van der Waals surface area contributed by atoms with Crippen molar-refractivity contribution in [3.63, 3.8) is 0 Å².